The van der Waals surface area contributed by atoms with E-state index in [1.165, 1.54) is 13.8 Å². The number of carbonyl (C=O) groups is 4. The SMILES string of the molecule is CCCCC(CN(O)C=O)C(=O)SCCNC(=O)CCNC(=O)C(O)C(C)(C)COP(=O)(O)OP(=O)(O)OCC1OC(n2cnc3c(N)ncnc32)C(O)C1OP(=O)(O)O. The van der Waals surface area contributed by atoms with Crippen LogP contribution in [0.2, 0.25) is 0 Å². The lowest BCUT2D eigenvalue weighted by atomic mass is 9.87. The number of hydrogen-bond donors (Lipinski definition) is 10. The number of phosphoric ester groups is 3. The highest BCUT2D eigenvalue weighted by Gasteiger charge is 2.50. The molecule has 2 aromatic heterocycles. The normalized spacial score (nSPS) is 21.4. The van der Waals surface area contributed by atoms with Gasteiger partial charge in [-0.05, 0) is 6.42 Å². The number of nitrogens with two attached hydrogens (primary N) is 1. The Morgan fingerprint density at radius 2 is 1.78 bits per heavy atom. The summed E-state index contributed by atoms with van der Waals surface area (Å²) in [7, 11) is -16.5. The van der Waals surface area contributed by atoms with Crippen molar-refractivity contribution < 1.29 is 90.5 Å². The first-order chi connectivity index (χ1) is 27.9. The van der Waals surface area contributed by atoms with E-state index < -0.39 is 90.5 Å². The standard InChI is InChI=1S/C29H49N8O19P3S/c1-4-5-6-17(11-36(44)16-38)28(43)60-10-9-31-19(39)7-8-32-26(42)23(41)29(2,3)13-53-59(50,51)56-58(48,49)52-12-18-22(55-57(45,46)47)21(40)27(54-18)37-15-35-20-24(30)33-14-34-25(20)37/h14-18,21-23,27,40-41,44H,4-13H2,1-3H3,(H,31,39)(H,32,42)(H,48,49)(H,50,51)(H2,30,33,34)(H2,45,46,47). The fraction of sp³-hybridized carbons (Fsp3) is 0.690. The summed E-state index contributed by atoms with van der Waals surface area (Å²) in [6, 6.07) is 0. The maximum absolute atomic E-state index is 12.7. The zero-order valence-electron chi connectivity index (χ0n) is 32.4. The number of anilines is 1. The minimum Gasteiger partial charge on any atom is -0.386 e. The number of carbonyl (C=O) groups excluding carboxylic acids is 4. The van der Waals surface area contributed by atoms with Crippen molar-refractivity contribution in [3.8, 4) is 0 Å². The first kappa shape index (κ1) is 51.3. The Balaban J connectivity index is 1.46. The van der Waals surface area contributed by atoms with Gasteiger partial charge in [0.1, 0.15) is 36.3 Å². The van der Waals surface area contributed by atoms with Gasteiger partial charge in [0.2, 0.25) is 18.2 Å². The molecule has 1 saturated heterocycles. The summed E-state index contributed by atoms with van der Waals surface area (Å²) in [6.07, 6.45) is -4.90. The van der Waals surface area contributed by atoms with Crippen LogP contribution in [0.3, 0.4) is 0 Å². The van der Waals surface area contributed by atoms with Gasteiger partial charge in [-0.15, -0.1) is 0 Å². The number of ether oxygens (including phenoxy) is 1. The van der Waals surface area contributed by atoms with E-state index in [0.717, 1.165) is 35.4 Å². The van der Waals surface area contributed by atoms with Gasteiger partial charge in [-0.25, -0.2) is 33.7 Å². The Kier molecular flexibility index (Phi) is 19.1. The molecule has 0 spiro atoms. The molecule has 0 bridgehead atoms. The molecule has 0 saturated carbocycles. The number of unbranched alkanes of at least 4 members (excludes halogenated alkanes) is 1. The van der Waals surface area contributed by atoms with Crippen molar-refractivity contribution in [1.82, 2.24) is 35.2 Å². The zero-order valence-corrected chi connectivity index (χ0v) is 35.9. The van der Waals surface area contributed by atoms with Crippen molar-refractivity contribution >= 4 is 75.6 Å². The predicted octanol–water partition coefficient (Wildman–Crippen LogP) is -0.681. The Hall–Kier alpha value is -3.01. The summed E-state index contributed by atoms with van der Waals surface area (Å²) in [6.45, 7) is 2.00. The van der Waals surface area contributed by atoms with Gasteiger partial charge in [0.15, 0.2) is 22.8 Å². The van der Waals surface area contributed by atoms with E-state index in [1.807, 2.05) is 6.92 Å². The first-order valence-electron chi connectivity index (χ1n) is 17.9. The summed E-state index contributed by atoms with van der Waals surface area (Å²) < 4.78 is 62.2. The molecular weight excluding hydrogens is 889 g/mol. The Bertz CT molecular complexity index is 1940. The number of nitrogens with zero attached hydrogens (tertiary/aromatic N) is 5. The summed E-state index contributed by atoms with van der Waals surface area (Å²) in [5, 5.41) is 36.0. The van der Waals surface area contributed by atoms with Gasteiger partial charge in [0, 0.05) is 36.6 Å². The number of phosphoric acid groups is 3. The molecule has 0 radical (unpaired) electrons. The summed E-state index contributed by atoms with van der Waals surface area (Å²) in [5.74, 6) is -1.96. The lowest BCUT2D eigenvalue weighted by Crippen LogP contribution is -2.46. The number of aromatic nitrogens is 4. The molecule has 0 aromatic carbocycles. The van der Waals surface area contributed by atoms with E-state index in [1.54, 1.807) is 0 Å². The number of hydroxylamine groups is 2. The van der Waals surface area contributed by atoms with Crippen LogP contribution in [0, 0.1) is 11.3 Å². The molecule has 3 heterocycles. The molecule has 1 aliphatic heterocycles. The highest BCUT2D eigenvalue weighted by atomic mass is 32.2. The van der Waals surface area contributed by atoms with E-state index >= 15 is 0 Å². The first-order valence-corrected chi connectivity index (χ1v) is 23.4. The van der Waals surface area contributed by atoms with Gasteiger partial charge in [-0.2, -0.15) is 4.31 Å². The number of rotatable bonds is 26. The number of aliphatic hydroxyl groups excluding tert-OH is 2. The average molecular weight is 939 g/mol. The average Bonchev–Trinajstić information content (AvgIpc) is 3.72. The number of nitrogens with one attached hydrogen (secondary N) is 2. The second kappa shape index (κ2) is 22.4. The van der Waals surface area contributed by atoms with Gasteiger partial charge in [-0.3, -0.25) is 42.5 Å². The number of nitrogen functional groups attached to an aromatic ring is 1. The van der Waals surface area contributed by atoms with E-state index in [0.29, 0.717) is 17.9 Å². The maximum Gasteiger partial charge on any atom is 0.481 e. The van der Waals surface area contributed by atoms with Crippen LogP contribution < -0.4 is 16.4 Å². The largest absolute Gasteiger partial charge is 0.481 e. The quantitative estimate of drug-likeness (QED) is 0.0184. The molecule has 8 atom stereocenters. The molecule has 3 rings (SSSR count). The van der Waals surface area contributed by atoms with E-state index in [-0.39, 0.29) is 60.3 Å². The van der Waals surface area contributed by atoms with Crippen molar-refractivity contribution in [2.45, 2.75) is 77.1 Å². The van der Waals surface area contributed by atoms with Gasteiger partial charge >= 0.3 is 23.5 Å². The van der Waals surface area contributed by atoms with Crippen LogP contribution in [-0.4, -0.2) is 146 Å². The number of amides is 3. The smallest absolute Gasteiger partial charge is 0.386 e. The Labute approximate surface area is 346 Å². The number of thioether (sulfide) groups is 1. The summed E-state index contributed by atoms with van der Waals surface area (Å²) in [4.78, 5) is 99.1. The predicted molar refractivity (Wildman–Crippen MR) is 205 cm³/mol. The minimum absolute atomic E-state index is 0.0198. The Morgan fingerprint density at radius 3 is 2.43 bits per heavy atom. The van der Waals surface area contributed by atoms with E-state index in [4.69, 9.17) is 19.5 Å². The van der Waals surface area contributed by atoms with E-state index in [9.17, 15) is 67.9 Å². The van der Waals surface area contributed by atoms with Crippen LogP contribution in [0.25, 0.3) is 11.2 Å². The minimum atomic E-state index is -5.60. The van der Waals surface area contributed by atoms with Gasteiger partial charge in [0.05, 0.1) is 26.1 Å². The molecule has 1 aliphatic rings. The van der Waals surface area contributed by atoms with Crippen molar-refractivity contribution in [2.75, 3.05) is 44.3 Å². The van der Waals surface area contributed by atoms with E-state index in [2.05, 4.69) is 34.4 Å². The lowest BCUT2D eigenvalue weighted by molar-refractivity contribution is -0.153. The van der Waals surface area contributed by atoms with Crippen LogP contribution in [-0.2, 0) is 55.5 Å². The summed E-state index contributed by atoms with van der Waals surface area (Å²) >= 11 is 0.928. The van der Waals surface area contributed by atoms with Crippen LogP contribution in [0.15, 0.2) is 12.7 Å². The highest BCUT2D eigenvalue weighted by molar-refractivity contribution is 8.13. The number of hydrogen-bond acceptors (Lipinski definition) is 20. The van der Waals surface area contributed by atoms with Crippen molar-refractivity contribution in [1.29, 1.82) is 0 Å². The molecule has 60 heavy (non-hydrogen) atoms. The maximum atomic E-state index is 12.7. The van der Waals surface area contributed by atoms with Crippen LogP contribution >= 0.6 is 35.2 Å². The summed E-state index contributed by atoms with van der Waals surface area (Å²) in [5.41, 5.74) is 4.20. The molecule has 31 heteroatoms. The number of fused-ring (bicyclic) bond motifs is 1. The molecule has 340 valence electrons. The fourth-order valence-electron chi connectivity index (χ4n) is 5.40. The van der Waals surface area contributed by atoms with Crippen LogP contribution in [0.4, 0.5) is 5.82 Å². The molecule has 27 nitrogen and oxygen atoms in total. The van der Waals surface area contributed by atoms with Crippen molar-refractivity contribution in [3.05, 3.63) is 12.7 Å². The number of imidazole rings is 1. The molecule has 1 fully saturated rings. The van der Waals surface area contributed by atoms with Crippen LogP contribution in [0.1, 0.15) is 52.7 Å². The third-order valence-electron chi connectivity index (χ3n) is 8.51. The number of aliphatic hydroxyl groups is 2. The topological polar surface area (TPSA) is 404 Å². The fourth-order valence-corrected chi connectivity index (χ4v) is 9.07. The van der Waals surface area contributed by atoms with Gasteiger partial charge in [0.25, 0.3) is 0 Å². The van der Waals surface area contributed by atoms with Crippen molar-refractivity contribution in [2.24, 2.45) is 11.3 Å². The highest BCUT2D eigenvalue weighted by Crippen LogP contribution is 2.61. The van der Waals surface area contributed by atoms with Crippen molar-refractivity contribution in [3.63, 3.8) is 0 Å². The second-order valence-electron chi connectivity index (χ2n) is 13.8. The molecule has 3 amide bonds. The lowest BCUT2D eigenvalue weighted by Gasteiger charge is -2.30. The van der Waals surface area contributed by atoms with Crippen LogP contribution in [0.5, 0.6) is 0 Å². The molecule has 2 aromatic rings. The van der Waals surface area contributed by atoms with Gasteiger partial charge in [-0.1, -0.05) is 45.4 Å². The van der Waals surface area contributed by atoms with Gasteiger partial charge < -0.3 is 50.9 Å². The molecule has 11 N–H and O–H groups in total. The molecule has 0 aliphatic carbocycles. The second-order valence-corrected chi connectivity index (χ2v) is 19.1. The molecule has 8 unspecified atom stereocenters. The monoisotopic (exact) mass is 938 g/mol. The zero-order chi connectivity index (χ0) is 45.1. The third-order valence-corrected chi connectivity index (χ3v) is 12.6. The Morgan fingerprint density at radius 1 is 1.10 bits per heavy atom. The third kappa shape index (κ3) is 15.7. The molecular formula is C29H49N8O19P3S.